The largest absolute Gasteiger partial charge is 0.377 e. The van der Waals surface area contributed by atoms with Gasteiger partial charge in [0.25, 0.3) is 5.91 Å². The molecule has 1 aliphatic heterocycles. The fourth-order valence-electron chi connectivity index (χ4n) is 2.26. The number of aromatic nitrogens is 1. The van der Waals surface area contributed by atoms with Gasteiger partial charge in [-0.15, -0.1) is 0 Å². The highest BCUT2D eigenvalue weighted by atomic mass is 79.9. The highest BCUT2D eigenvalue weighted by Crippen LogP contribution is 2.25. The van der Waals surface area contributed by atoms with Crippen LogP contribution < -0.4 is 0 Å². The molecule has 1 saturated heterocycles. The lowest BCUT2D eigenvalue weighted by Crippen LogP contribution is -2.49. The average molecular weight is 313 g/mol. The molecule has 18 heavy (non-hydrogen) atoms. The predicted molar refractivity (Wildman–Crippen MR) is 72.5 cm³/mol. The summed E-state index contributed by atoms with van der Waals surface area (Å²) in [4.78, 5) is 18.2. The van der Waals surface area contributed by atoms with E-state index in [4.69, 9.17) is 4.74 Å². The van der Waals surface area contributed by atoms with Crippen LogP contribution in [0.4, 0.5) is 0 Å². The maximum absolute atomic E-state index is 12.4. The summed E-state index contributed by atoms with van der Waals surface area (Å²) in [6, 6.07) is 1.80. The Balaban J connectivity index is 2.14. The number of carbonyl (C=O) groups excluding carboxylic acids is 1. The van der Waals surface area contributed by atoms with Gasteiger partial charge >= 0.3 is 0 Å². The van der Waals surface area contributed by atoms with E-state index in [1.165, 1.54) is 0 Å². The molecule has 2 heterocycles. The van der Waals surface area contributed by atoms with Gasteiger partial charge in [-0.3, -0.25) is 9.78 Å². The van der Waals surface area contributed by atoms with Crippen molar-refractivity contribution in [3.63, 3.8) is 0 Å². The molecule has 0 radical (unpaired) electrons. The van der Waals surface area contributed by atoms with E-state index in [0.717, 1.165) is 23.9 Å². The Hall–Kier alpha value is -0.940. The number of piperidine rings is 1. The molecule has 98 valence electrons. The maximum Gasteiger partial charge on any atom is 0.255 e. The molecule has 0 saturated carbocycles. The normalized spacial score (nSPS) is 24.1. The van der Waals surface area contributed by atoms with Gasteiger partial charge < -0.3 is 9.64 Å². The SMILES string of the molecule is COC1(C)CCCN(C(=O)c2cncc(Br)c2)C1. The number of nitrogens with zero attached hydrogens (tertiary/aromatic N) is 2. The van der Waals surface area contributed by atoms with Crippen molar-refractivity contribution in [1.82, 2.24) is 9.88 Å². The van der Waals surface area contributed by atoms with Crippen LogP contribution >= 0.6 is 15.9 Å². The van der Waals surface area contributed by atoms with E-state index < -0.39 is 0 Å². The highest BCUT2D eigenvalue weighted by Gasteiger charge is 2.33. The van der Waals surface area contributed by atoms with Crippen LogP contribution in [0.2, 0.25) is 0 Å². The molecule has 0 aromatic carbocycles. The summed E-state index contributed by atoms with van der Waals surface area (Å²) in [5, 5.41) is 0. The van der Waals surface area contributed by atoms with Gasteiger partial charge in [-0.05, 0) is 41.8 Å². The Kier molecular flexibility index (Phi) is 4.02. The van der Waals surface area contributed by atoms with Crippen molar-refractivity contribution in [2.75, 3.05) is 20.2 Å². The molecule has 1 aromatic rings. The van der Waals surface area contributed by atoms with Gasteiger partial charge in [0.15, 0.2) is 0 Å². The van der Waals surface area contributed by atoms with E-state index in [9.17, 15) is 4.79 Å². The predicted octanol–water partition coefficient (Wildman–Crippen LogP) is 2.49. The molecule has 2 rings (SSSR count). The molecule has 1 aliphatic rings. The number of likely N-dealkylation sites (tertiary alicyclic amines) is 1. The van der Waals surface area contributed by atoms with E-state index in [1.54, 1.807) is 25.6 Å². The number of carbonyl (C=O) groups is 1. The van der Waals surface area contributed by atoms with Crippen LogP contribution in [0.25, 0.3) is 0 Å². The van der Waals surface area contributed by atoms with E-state index in [0.29, 0.717) is 12.1 Å². The molecule has 1 fully saturated rings. The molecule has 0 spiro atoms. The average Bonchev–Trinajstić information content (AvgIpc) is 2.38. The number of methoxy groups -OCH3 is 1. The molecule has 4 nitrogen and oxygen atoms in total. The molecule has 1 amide bonds. The molecule has 1 unspecified atom stereocenters. The van der Waals surface area contributed by atoms with Gasteiger partial charge in [0.2, 0.25) is 0 Å². The Bertz CT molecular complexity index is 452. The minimum absolute atomic E-state index is 0.0202. The van der Waals surface area contributed by atoms with Gasteiger partial charge in [0.05, 0.1) is 11.2 Å². The molecule has 1 aromatic heterocycles. The summed E-state index contributed by atoms with van der Waals surface area (Å²) < 4.78 is 6.32. The summed E-state index contributed by atoms with van der Waals surface area (Å²) >= 11 is 3.33. The van der Waals surface area contributed by atoms with Crippen molar-refractivity contribution in [1.29, 1.82) is 0 Å². The molecule has 5 heteroatoms. The van der Waals surface area contributed by atoms with Crippen LogP contribution in [0.1, 0.15) is 30.1 Å². The summed E-state index contributed by atoms with van der Waals surface area (Å²) in [5.41, 5.74) is 0.387. The quantitative estimate of drug-likeness (QED) is 0.842. The number of pyridine rings is 1. The number of rotatable bonds is 2. The van der Waals surface area contributed by atoms with Crippen LogP contribution in [-0.2, 0) is 4.74 Å². The first-order valence-electron chi connectivity index (χ1n) is 5.99. The first-order valence-corrected chi connectivity index (χ1v) is 6.78. The van der Waals surface area contributed by atoms with Crippen LogP contribution in [0.5, 0.6) is 0 Å². The van der Waals surface area contributed by atoms with Crippen LogP contribution in [0, 0.1) is 0 Å². The van der Waals surface area contributed by atoms with E-state index >= 15 is 0 Å². The van der Waals surface area contributed by atoms with Crippen LogP contribution in [-0.4, -0.2) is 41.6 Å². The zero-order valence-corrected chi connectivity index (χ0v) is 12.2. The van der Waals surface area contributed by atoms with Gasteiger partial charge in [-0.2, -0.15) is 0 Å². The first kappa shape index (κ1) is 13.5. The number of halogens is 1. The van der Waals surface area contributed by atoms with Crippen LogP contribution in [0.3, 0.4) is 0 Å². The third-order valence-electron chi connectivity index (χ3n) is 3.39. The fraction of sp³-hybridized carbons (Fsp3) is 0.538. The zero-order valence-electron chi connectivity index (χ0n) is 10.6. The summed E-state index contributed by atoms with van der Waals surface area (Å²) in [5.74, 6) is 0.0202. The molecule has 1 atom stereocenters. The topological polar surface area (TPSA) is 42.4 Å². The van der Waals surface area contributed by atoms with Gasteiger partial charge in [0, 0.05) is 37.1 Å². The number of hydrogen-bond acceptors (Lipinski definition) is 3. The van der Waals surface area contributed by atoms with Crippen molar-refractivity contribution in [3.8, 4) is 0 Å². The summed E-state index contributed by atoms with van der Waals surface area (Å²) in [7, 11) is 1.70. The molecular weight excluding hydrogens is 296 g/mol. The van der Waals surface area contributed by atoms with Gasteiger partial charge in [-0.1, -0.05) is 0 Å². The maximum atomic E-state index is 12.4. The Morgan fingerprint density at radius 2 is 2.33 bits per heavy atom. The lowest BCUT2D eigenvalue weighted by atomic mass is 9.94. The van der Waals surface area contributed by atoms with Gasteiger partial charge in [-0.25, -0.2) is 0 Å². The standard InChI is InChI=1S/C13H17BrN2O2/c1-13(18-2)4-3-5-16(9-13)12(17)10-6-11(14)8-15-7-10/h6-8H,3-5,9H2,1-2H3. The Morgan fingerprint density at radius 3 is 3.00 bits per heavy atom. The number of ether oxygens (including phenoxy) is 1. The fourth-order valence-corrected chi connectivity index (χ4v) is 2.62. The highest BCUT2D eigenvalue weighted by molar-refractivity contribution is 9.10. The molecule has 0 aliphatic carbocycles. The lowest BCUT2D eigenvalue weighted by Gasteiger charge is -2.39. The molecule has 0 N–H and O–H groups in total. The first-order chi connectivity index (χ1) is 8.54. The second-order valence-electron chi connectivity index (χ2n) is 4.88. The smallest absolute Gasteiger partial charge is 0.255 e. The van der Waals surface area contributed by atoms with Crippen molar-refractivity contribution in [3.05, 3.63) is 28.5 Å². The third kappa shape index (κ3) is 2.90. The molecular formula is C13H17BrN2O2. The van der Waals surface area contributed by atoms with Crippen molar-refractivity contribution in [2.45, 2.75) is 25.4 Å². The van der Waals surface area contributed by atoms with E-state index in [2.05, 4.69) is 20.9 Å². The van der Waals surface area contributed by atoms with E-state index in [-0.39, 0.29) is 11.5 Å². The zero-order chi connectivity index (χ0) is 13.2. The minimum atomic E-state index is -0.229. The third-order valence-corrected chi connectivity index (χ3v) is 3.82. The molecule has 0 bridgehead atoms. The minimum Gasteiger partial charge on any atom is -0.377 e. The van der Waals surface area contributed by atoms with Crippen molar-refractivity contribution < 1.29 is 9.53 Å². The monoisotopic (exact) mass is 312 g/mol. The second-order valence-corrected chi connectivity index (χ2v) is 5.79. The lowest BCUT2D eigenvalue weighted by molar-refractivity contribution is -0.0440. The van der Waals surface area contributed by atoms with Crippen LogP contribution in [0.15, 0.2) is 22.9 Å². The summed E-state index contributed by atoms with van der Waals surface area (Å²) in [6.07, 6.45) is 5.24. The summed E-state index contributed by atoms with van der Waals surface area (Å²) in [6.45, 7) is 3.46. The van der Waals surface area contributed by atoms with Crippen molar-refractivity contribution in [2.24, 2.45) is 0 Å². The Labute approximate surface area is 115 Å². The van der Waals surface area contributed by atoms with Gasteiger partial charge in [0.1, 0.15) is 0 Å². The number of hydrogen-bond donors (Lipinski definition) is 0. The van der Waals surface area contributed by atoms with E-state index in [1.807, 2.05) is 11.8 Å². The van der Waals surface area contributed by atoms with Crippen molar-refractivity contribution >= 4 is 21.8 Å². The Morgan fingerprint density at radius 1 is 1.56 bits per heavy atom. The second kappa shape index (κ2) is 5.36. The number of amides is 1.